The van der Waals surface area contributed by atoms with Crippen LogP contribution in [-0.2, 0) is 22.0 Å². The first-order valence-corrected chi connectivity index (χ1v) is 12.0. The Morgan fingerprint density at radius 1 is 1.03 bits per heavy atom. The van der Waals surface area contributed by atoms with Crippen LogP contribution >= 0.6 is 0 Å². The number of hydrogen-bond acceptors (Lipinski definition) is 5. The van der Waals surface area contributed by atoms with Gasteiger partial charge in [0.05, 0.1) is 18.5 Å². The number of carbonyl (C=O) groups is 1. The van der Waals surface area contributed by atoms with E-state index in [1.54, 1.807) is 27.9 Å². The minimum atomic E-state index is -3.76. The molecule has 8 nitrogen and oxygen atoms in total. The molecule has 0 atom stereocenters. The lowest BCUT2D eigenvalue weighted by molar-refractivity contribution is 0.0666. The zero-order valence-electron chi connectivity index (χ0n) is 18.6. The molecule has 4 rings (SSSR count). The molecule has 170 valence electrons. The molecular weight excluding hydrogens is 428 g/mol. The number of benzene rings is 1. The van der Waals surface area contributed by atoms with Crippen LogP contribution in [0.2, 0.25) is 0 Å². The molecule has 32 heavy (non-hydrogen) atoms. The van der Waals surface area contributed by atoms with Crippen LogP contribution in [-0.4, -0.2) is 59.5 Å². The fourth-order valence-corrected chi connectivity index (χ4v) is 5.56. The van der Waals surface area contributed by atoms with E-state index in [2.05, 4.69) is 5.10 Å². The summed E-state index contributed by atoms with van der Waals surface area (Å²) in [7, 11) is -3.76. The second-order valence-corrected chi connectivity index (χ2v) is 10.9. The fraction of sp³-hybridized carbons (Fsp3) is 0.391. The van der Waals surface area contributed by atoms with Crippen LogP contribution < -0.4 is 0 Å². The van der Waals surface area contributed by atoms with Crippen LogP contribution in [0, 0.1) is 0 Å². The Labute approximate surface area is 188 Å². The summed E-state index contributed by atoms with van der Waals surface area (Å²) >= 11 is 0. The molecule has 1 fully saturated rings. The van der Waals surface area contributed by atoms with E-state index in [9.17, 15) is 13.2 Å². The number of carbonyl (C=O) groups excluding carboxylic acids is 1. The molecule has 1 aliphatic heterocycles. The Morgan fingerprint density at radius 2 is 1.72 bits per heavy atom. The number of furan rings is 1. The van der Waals surface area contributed by atoms with Gasteiger partial charge in [-0.1, -0.05) is 51.1 Å². The first-order chi connectivity index (χ1) is 15.2. The molecule has 9 heteroatoms. The first kappa shape index (κ1) is 22.3. The Morgan fingerprint density at radius 3 is 2.31 bits per heavy atom. The van der Waals surface area contributed by atoms with E-state index in [4.69, 9.17) is 4.42 Å². The normalized spacial score (nSPS) is 15.8. The summed E-state index contributed by atoms with van der Waals surface area (Å²) in [6.07, 6.45) is 3.08. The lowest BCUT2D eigenvalue weighted by Gasteiger charge is -2.33. The van der Waals surface area contributed by atoms with Crippen molar-refractivity contribution in [3.05, 3.63) is 71.9 Å². The van der Waals surface area contributed by atoms with Crippen molar-refractivity contribution in [1.29, 1.82) is 0 Å². The van der Waals surface area contributed by atoms with Gasteiger partial charge in [0.1, 0.15) is 4.90 Å². The van der Waals surface area contributed by atoms with Crippen molar-refractivity contribution >= 4 is 15.9 Å². The van der Waals surface area contributed by atoms with Crippen LogP contribution in [0.4, 0.5) is 0 Å². The Hall–Kier alpha value is -2.91. The second kappa shape index (κ2) is 8.55. The van der Waals surface area contributed by atoms with E-state index in [-0.39, 0.29) is 29.7 Å². The Bertz CT molecular complexity index is 1170. The molecular formula is C23H28N4O4S. The average molecular weight is 457 g/mol. The highest BCUT2D eigenvalue weighted by Gasteiger charge is 2.36. The summed E-state index contributed by atoms with van der Waals surface area (Å²) < 4.78 is 35.5. The summed E-state index contributed by atoms with van der Waals surface area (Å²) in [6.45, 7) is 7.43. The topological polar surface area (TPSA) is 88.7 Å². The lowest BCUT2D eigenvalue weighted by atomic mass is 9.92. The van der Waals surface area contributed by atoms with Crippen LogP contribution in [0.1, 0.15) is 42.6 Å². The highest BCUT2D eigenvalue weighted by molar-refractivity contribution is 7.89. The van der Waals surface area contributed by atoms with E-state index in [1.165, 1.54) is 10.6 Å². The number of rotatable bonds is 5. The van der Waals surface area contributed by atoms with Gasteiger partial charge in [-0.15, -0.1) is 0 Å². The van der Waals surface area contributed by atoms with Gasteiger partial charge in [0, 0.05) is 37.8 Å². The van der Waals surface area contributed by atoms with Gasteiger partial charge in [-0.3, -0.25) is 9.48 Å². The van der Waals surface area contributed by atoms with Gasteiger partial charge in [0.15, 0.2) is 5.76 Å². The molecule has 0 bridgehead atoms. The lowest BCUT2D eigenvalue weighted by Crippen LogP contribution is -2.50. The van der Waals surface area contributed by atoms with Crippen LogP contribution in [0.5, 0.6) is 0 Å². The van der Waals surface area contributed by atoms with Crippen molar-refractivity contribution < 1.29 is 17.6 Å². The van der Waals surface area contributed by atoms with Crippen molar-refractivity contribution in [1.82, 2.24) is 19.0 Å². The van der Waals surface area contributed by atoms with E-state index in [1.807, 2.05) is 51.1 Å². The Kier molecular flexibility index (Phi) is 5.96. The summed E-state index contributed by atoms with van der Waals surface area (Å²) in [5.41, 5.74) is 1.15. The molecule has 0 saturated carbocycles. The van der Waals surface area contributed by atoms with Crippen molar-refractivity contribution in [3.8, 4) is 0 Å². The Balaban J connectivity index is 1.56. The molecule has 0 unspecified atom stereocenters. The van der Waals surface area contributed by atoms with Gasteiger partial charge in [0.25, 0.3) is 5.91 Å². The minimum Gasteiger partial charge on any atom is -0.459 e. The van der Waals surface area contributed by atoms with E-state index in [0.29, 0.717) is 25.3 Å². The number of aromatic nitrogens is 2. The van der Waals surface area contributed by atoms with E-state index >= 15 is 0 Å². The van der Waals surface area contributed by atoms with E-state index < -0.39 is 15.4 Å². The van der Waals surface area contributed by atoms with Gasteiger partial charge in [-0.2, -0.15) is 9.40 Å². The summed E-state index contributed by atoms with van der Waals surface area (Å²) in [5.74, 6) is 0.0385. The van der Waals surface area contributed by atoms with Gasteiger partial charge >= 0.3 is 0 Å². The highest BCUT2D eigenvalue weighted by Crippen LogP contribution is 2.30. The second-order valence-electron chi connectivity index (χ2n) is 8.95. The fourth-order valence-electron chi connectivity index (χ4n) is 3.79. The molecule has 3 heterocycles. The third kappa shape index (κ3) is 4.49. The number of amides is 1. The smallest absolute Gasteiger partial charge is 0.289 e. The average Bonchev–Trinajstić information content (AvgIpc) is 3.44. The van der Waals surface area contributed by atoms with Crippen LogP contribution in [0.25, 0.3) is 0 Å². The summed E-state index contributed by atoms with van der Waals surface area (Å²) in [6, 6.07) is 13.1. The van der Waals surface area contributed by atoms with Crippen molar-refractivity contribution in [2.45, 2.75) is 37.6 Å². The summed E-state index contributed by atoms with van der Waals surface area (Å²) in [4.78, 5) is 14.3. The van der Waals surface area contributed by atoms with Crippen molar-refractivity contribution in [2.75, 3.05) is 26.2 Å². The molecule has 1 amide bonds. The largest absolute Gasteiger partial charge is 0.459 e. The highest BCUT2D eigenvalue weighted by atomic mass is 32.2. The SMILES string of the molecule is CC(C)(C)c1nn(Cc2ccccc2)cc1S(=O)(=O)N1CCN(C(=O)c2ccco2)CC1. The predicted octanol–water partition coefficient (Wildman–Crippen LogP) is 2.97. The maximum Gasteiger partial charge on any atom is 0.289 e. The number of hydrogen-bond donors (Lipinski definition) is 0. The molecule has 2 aromatic heterocycles. The number of piperazine rings is 1. The van der Waals surface area contributed by atoms with Gasteiger partial charge < -0.3 is 9.32 Å². The molecule has 1 aliphatic rings. The minimum absolute atomic E-state index is 0.224. The molecule has 1 saturated heterocycles. The van der Waals surface area contributed by atoms with Gasteiger partial charge in [-0.05, 0) is 17.7 Å². The third-order valence-corrected chi connectivity index (χ3v) is 7.40. The maximum atomic E-state index is 13.6. The number of nitrogens with zero attached hydrogens (tertiary/aromatic N) is 4. The third-order valence-electron chi connectivity index (χ3n) is 5.50. The molecule has 3 aromatic rings. The zero-order chi connectivity index (χ0) is 22.9. The molecule has 0 N–H and O–H groups in total. The van der Waals surface area contributed by atoms with Gasteiger partial charge in [0.2, 0.25) is 10.0 Å². The van der Waals surface area contributed by atoms with Crippen molar-refractivity contribution in [3.63, 3.8) is 0 Å². The first-order valence-electron chi connectivity index (χ1n) is 10.6. The van der Waals surface area contributed by atoms with E-state index in [0.717, 1.165) is 5.56 Å². The number of sulfonamides is 1. The molecule has 1 aromatic carbocycles. The van der Waals surface area contributed by atoms with Crippen LogP contribution in [0.15, 0.2) is 64.2 Å². The van der Waals surface area contributed by atoms with Gasteiger partial charge in [-0.25, -0.2) is 8.42 Å². The summed E-state index contributed by atoms with van der Waals surface area (Å²) in [5, 5.41) is 4.65. The van der Waals surface area contributed by atoms with Crippen LogP contribution in [0.3, 0.4) is 0 Å². The molecule has 0 radical (unpaired) electrons. The molecule has 0 spiro atoms. The maximum absolute atomic E-state index is 13.6. The molecule has 0 aliphatic carbocycles. The quantitative estimate of drug-likeness (QED) is 0.589. The predicted molar refractivity (Wildman–Crippen MR) is 120 cm³/mol. The monoisotopic (exact) mass is 456 g/mol. The standard InChI is InChI=1S/C23H28N4O4S/c1-23(2,3)21-20(17-26(24-21)16-18-8-5-4-6-9-18)32(29,30)27-13-11-25(12-14-27)22(28)19-10-7-15-31-19/h4-10,15,17H,11-14,16H2,1-3H3. The zero-order valence-corrected chi connectivity index (χ0v) is 19.4. The van der Waals surface area contributed by atoms with Crippen molar-refractivity contribution in [2.24, 2.45) is 0 Å².